The van der Waals surface area contributed by atoms with E-state index in [1.165, 1.54) is 19.2 Å². The summed E-state index contributed by atoms with van der Waals surface area (Å²) in [6.07, 6.45) is 2.59. The van der Waals surface area contributed by atoms with E-state index in [0.29, 0.717) is 5.69 Å². The maximum absolute atomic E-state index is 13.0. The number of esters is 1. The van der Waals surface area contributed by atoms with Crippen LogP contribution in [0.1, 0.15) is 44.1 Å². The number of para-hydroxylation sites is 1. The summed E-state index contributed by atoms with van der Waals surface area (Å²) in [6.45, 7) is 2.02. The molecule has 0 spiro atoms. The number of phenols is 1. The Balaban J connectivity index is 1.68. The Labute approximate surface area is 167 Å². The monoisotopic (exact) mass is 391 g/mol. The summed E-state index contributed by atoms with van der Waals surface area (Å²) in [5, 5.41) is 17.6. The minimum absolute atomic E-state index is 0.0132. The molecule has 4 rings (SSSR count). The summed E-state index contributed by atoms with van der Waals surface area (Å²) in [7, 11) is 1.23. The molecule has 1 amide bonds. The van der Waals surface area contributed by atoms with E-state index in [4.69, 9.17) is 0 Å². The number of nitrogens with one attached hydrogen (secondary N) is 1. The Morgan fingerprint density at radius 1 is 1.14 bits per heavy atom. The summed E-state index contributed by atoms with van der Waals surface area (Å²) in [5.41, 5.74) is 4.47. The maximum atomic E-state index is 13.0. The smallest absolute Gasteiger partial charge is 0.341 e. The third-order valence-electron chi connectivity index (χ3n) is 5.11. The molecular formula is C22H21N3O4. The standard InChI is InChI=1S/C22H21N3O4/c1-13-9-11-14(12-10-13)25-18-8-4-5-15(18)19(24-25)21(27)23-17-7-3-6-16(20(17)26)22(28)29-2/h3,6-7,9-12,26H,4-5,8H2,1-2H3,(H,23,27). The van der Waals surface area contributed by atoms with E-state index in [1.807, 2.05) is 35.9 Å². The van der Waals surface area contributed by atoms with Gasteiger partial charge in [0, 0.05) is 11.3 Å². The molecule has 3 aromatic rings. The fourth-order valence-electron chi connectivity index (χ4n) is 3.62. The van der Waals surface area contributed by atoms with Crippen LogP contribution in [0.5, 0.6) is 5.75 Å². The summed E-state index contributed by atoms with van der Waals surface area (Å²) in [4.78, 5) is 24.7. The van der Waals surface area contributed by atoms with E-state index in [0.717, 1.165) is 41.8 Å². The van der Waals surface area contributed by atoms with Crippen LogP contribution in [0.25, 0.3) is 5.69 Å². The van der Waals surface area contributed by atoms with Crippen molar-refractivity contribution in [1.82, 2.24) is 9.78 Å². The van der Waals surface area contributed by atoms with Crippen molar-refractivity contribution in [2.45, 2.75) is 26.2 Å². The Morgan fingerprint density at radius 3 is 2.62 bits per heavy atom. The molecule has 0 fully saturated rings. The van der Waals surface area contributed by atoms with Gasteiger partial charge in [-0.2, -0.15) is 5.10 Å². The molecule has 2 aromatic carbocycles. The lowest BCUT2D eigenvalue weighted by Crippen LogP contribution is -2.15. The largest absolute Gasteiger partial charge is 0.505 e. The number of fused-ring (bicyclic) bond motifs is 1. The van der Waals surface area contributed by atoms with Crippen LogP contribution in [0.4, 0.5) is 5.69 Å². The third-order valence-corrected chi connectivity index (χ3v) is 5.11. The van der Waals surface area contributed by atoms with E-state index >= 15 is 0 Å². The minimum atomic E-state index is -0.678. The number of anilines is 1. The first-order valence-corrected chi connectivity index (χ1v) is 9.39. The van der Waals surface area contributed by atoms with Crippen LogP contribution in [0.2, 0.25) is 0 Å². The van der Waals surface area contributed by atoms with Crippen molar-refractivity contribution in [1.29, 1.82) is 0 Å². The maximum Gasteiger partial charge on any atom is 0.341 e. The predicted molar refractivity (Wildman–Crippen MR) is 108 cm³/mol. The molecule has 0 saturated heterocycles. The molecule has 1 aliphatic carbocycles. The van der Waals surface area contributed by atoms with Crippen LogP contribution in [0.3, 0.4) is 0 Å². The normalized spacial score (nSPS) is 12.5. The lowest BCUT2D eigenvalue weighted by Gasteiger charge is -2.09. The van der Waals surface area contributed by atoms with Gasteiger partial charge in [-0.15, -0.1) is 0 Å². The molecule has 0 saturated carbocycles. The Hall–Kier alpha value is -3.61. The van der Waals surface area contributed by atoms with Gasteiger partial charge in [0.05, 0.1) is 18.5 Å². The number of hydrogen-bond acceptors (Lipinski definition) is 5. The molecule has 0 aliphatic heterocycles. The number of rotatable bonds is 4. The lowest BCUT2D eigenvalue weighted by molar-refractivity contribution is 0.0597. The summed E-state index contributed by atoms with van der Waals surface area (Å²) in [5.74, 6) is -1.43. The number of aromatic nitrogens is 2. The first-order chi connectivity index (χ1) is 14.0. The molecule has 148 valence electrons. The van der Waals surface area contributed by atoms with Crippen molar-refractivity contribution in [3.63, 3.8) is 0 Å². The molecular weight excluding hydrogens is 370 g/mol. The van der Waals surface area contributed by atoms with Gasteiger partial charge in [0.25, 0.3) is 5.91 Å². The number of nitrogens with zero attached hydrogens (tertiary/aromatic N) is 2. The Bertz CT molecular complexity index is 1100. The first kappa shape index (κ1) is 18.7. The molecule has 0 atom stereocenters. The van der Waals surface area contributed by atoms with Crippen molar-refractivity contribution in [2.24, 2.45) is 0 Å². The number of amides is 1. The van der Waals surface area contributed by atoms with Crippen LogP contribution in [0.15, 0.2) is 42.5 Å². The van der Waals surface area contributed by atoms with Crippen LogP contribution in [-0.4, -0.2) is 33.9 Å². The zero-order chi connectivity index (χ0) is 20.5. The van der Waals surface area contributed by atoms with Crippen molar-refractivity contribution in [3.8, 4) is 11.4 Å². The molecule has 2 N–H and O–H groups in total. The predicted octanol–water partition coefficient (Wildman–Crippen LogP) is 3.41. The first-order valence-electron chi connectivity index (χ1n) is 9.39. The molecule has 7 heteroatoms. The van der Waals surface area contributed by atoms with E-state index in [1.54, 1.807) is 6.07 Å². The van der Waals surface area contributed by atoms with Crippen LogP contribution >= 0.6 is 0 Å². The number of aryl methyl sites for hydroxylation is 1. The highest BCUT2D eigenvalue weighted by Crippen LogP contribution is 2.31. The van der Waals surface area contributed by atoms with Crippen molar-refractivity contribution >= 4 is 17.6 Å². The van der Waals surface area contributed by atoms with E-state index in [-0.39, 0.29) is 17.0 Å². The zero-order valence-corrected chi connectivity index (χ0v) is 16.2. The molecule has 29 heavy (non-hydrogen) atoms. The molecule has 0 bridgehead atoms. The van der Waals surface area contributed by atoms with E-state index < -0.39 is 11.9 Å². The Kier molecular flexibility index (Phi) is 4.80. The van der Waals surface area contributed by atoms with Gasteiger partial charge in [0.15, 0.2) is 11.4 Å². The minimum Gasteiger partial charge on any atom is -0.505 e. The highest BCUT2D eigenvalue weighted by Gasteiger charge is 2.27. The van der Waals surface area contributed by atoms with Crippen LogP contribution in [-0.2, 0) is 17.6 Å². The third kappa shape index (κ3) is 3.35. The van der Waals surface area contributed by atoms with Crippen LogP contribution in [0, 0.1) is 6.92 Å². The molecule has 0 radical (unpaired) electrons. The number of benzene rings is 2. The molecule has 1 aromatic heterocycles. The topological polar surface area (TPSA) is 93.5 Å². The highest BCUT2D eigenvalue weighted by molar-refractivity contribution is 6.06. The van der Waals surface area contributed by atoms with E-state index in [9.17, 15) is 14.7 Å². The summed E-state index contributed by atoms with van der Waals surface area (Å²) in [6, 6.07) is 12.5. The van der Waals surface area contributed by atoms with Gasteiger partial charge in [-0.05, 0) is 50.5 Å². The van der Waals surface area contributed by atoms with Gasteiger partial charge in [0.2, 0.25) is 0 Å². The number of aromatic hydroxyl groups is 1. The van der Waals surface area contributed by atoms with Crippen LogP contribution < -0.4 is 5.32 Å². The zero-order valence-electron chi connectivity index (χ0n) is 16.2. The Morgan fingerprint density at radius 2 is 1.90 bits per heavy atom. The second-order valence-corrected chi connectivity index (χ2v) is 7.02. The second-order valence-electron chi connectivity index (χ2n) is 7.02. The number of ether oxygens (including phenoxy) is 1. The molecule has 1 heterocycles. The highest BCUT2D eigenvalue weighted by atomic mass is 16.5. The number of carbonyl (C=O) groups is 2. The second kappa shape index (κ2) is 7.43. The SMILES string of the molecule is COC(=O)c1cccc(NC(=O)c2nn(-c3ccc(C)cc3)c3c2CCC3)c1O. The summed E-state index contributed by atoms with van der Waals surface area (Å²) < 4.78 is 6.48. The fraction of sp³-hybridized carbons (Fsp3) is 0.227. The summed E-state index contributed by atoms with van der Waals surface area (Å²) >= 11 is 0. The van der Waals surface area contributed by atoms with Crippen molar-refractivity contribution in [3.05, 3.63) is 70.5 Å². The van der Waals surface area contributed by atoms with Crippen molar-refractivity contribution in [2.75, 3.05) is 12.4 Å². The van der Waals surface area contributed by atoms with Gasteiger partial charge < -0.3 is 15.2 Å². The van der Waals surface area contributed by atoms with E-state index in [2.05, 4.69) is 15.2 Å². The average Bonchev–Trinajstić information content (AvgIpc) is 3.32. The van der Waals surface area contributed by atoms with Crippen molar-refractivity contribution < 1.29 is 19.4 Å². The molecule has 0 unspecified atom stereocenters. The number of carbonyl (C=O) groups excluding carboxylic acids is 2. The fourth-order valence-corrected chi connectivity index (χ4v) is 3.62. The van der Waals surface area contributed by atoms with Gasteiger partial charge >= 0.3 is 5.97 Å². The van der Waals surface area contributed by atoms with Gasteiger partial charge in [-0.25, -0.2) is 9.48 Å². The number of hydrogen-bond donors (Lipinski definition) is 2. The van der Waals surface area contributed by atoms with Gasteiger partial charge in [0.1, 0.15) is 5.56 Å². The number of phenolic OH excluding ortho intramolecular Hbond substituents is 1. The average molecular weight is 391 g/mol. The van der Waals surface area contributed by atoms with Gasteiger partial charge in [-0.1, -0.05) is 23.8 Å². The quantitative estimate of drug-likeness (QED) is 0.525. The lowest BCUT2D eigenvalue weighted by atomic mass is 10.1. The molecule has 7 nitrogen and oxygen atoms in total. The number of methoxy groups -OCH3 is 1. The van der Waals surface area contributed by atoms with Gasteiger partial charge in [-0.3, -0.25) is 4.79 Å². The molecule has 1 aliphatic rings.